The smallest absolute Gasteiger partial charge is 0.343 e. The number of carbonyl (C=O) groups excluding carboxylic acids is 1. The van der Waals surface area contributed by atoms with Crippen molar-refractivity contribution in [2.45, 2.75) is 0 Å². The van der Waals surface area contributed by atoms with Crippen molar-refractivity contribution in [1.29, 1.82) is 0 Å². The third-order valence-electron chi connectivity index (χ3n) is 2.89. The molecule has 0 bridgehead atoms. The van der Waals surface area contributed by atoms with Crippen LogP contribution in [-0.2, 0) is 9.53 Å². The number of esters is 1. The molecule has 0 amide bonds. The molecule has 0 unspecified atom stereocenters. The molecule has 5 nitrogen and oxygen atoms in total. The third kappa shape index (κ3) is 2.75. The Bertz CT molecular complexity index is 775. The zero-order valence-corrected chi connectivity index (χ0v) is 11.5. The second kappa shape index (κ2) is 5.34. The van der Waals surface area contributed by atoms with Crippen molar-refractivity contribution in [3.63, 3.8) is 0 Å². The topological polar surface area (TPSA) is 69.4 Å². The van der Waals surface area contributed by atoms with Crippen LogP contribution in [0.1, 0.15) is 10.4 Å². The highest BCUT2D eigenvalue weighted by Gasteiger charge is 2.22. The average molecular weight is 299 g/mol. The van der Waals surface area contributed by atoms with E-state index in [1.54, 1.807) is 24.3 Å². The largest absolute Gasteiger partial charge is 0.421 e. The number of nitrogens with zero attached hydrogens (tertiary/aromatic N) is 1. The molecular weight excluding hydrogens is 290 g/mol. The predicted octanol–water partition coefficient (Wildman–Crippen LogP) is 3.64. The van der Waals surface area contributed by atoms with Gasteiger partial charge in [0, 0.05) is 12.1 Å². The third-order valence-corrected chi connectivity index (χ3v) is 3.78. The molecule has 104 valence electrons. The van der Waals surface area contributed by atoms with Crippen molar-refractivity contribution >= 4 is 34.8 Å². The van der Waals surface area contributed by atoms with Gasteiger partial charge in [0.2, 0.25) is 0 Å². The Morgan fingerprint density at radius 2 is 2.10 bits per heavy atom. The molecule has 0 saturated carbocycles. The molecule has 0 radical (unpaired) electrons. The van der Waals surface area contributed by atoms with Crippen molar-refractivity contribution in [2.75, 3.05) is 0 Å². The van der Waals surface area contributed by atoms with Gasteiger partial charge in [-0.1, -0.05) is 18.2 Å². The lowest BCUT2D eigenvalue weighted by atomic mass is 10.1. The molecule has 1 aromatic carbocycles. The van der Waals surface area contributed by atoms with E-state index in [4.69, 9.17) is 4.74 Å². The maximum Gasteiger partial charge on any atom is 0.343 e. The second-order valence-corrected chi connectivity index (χ2v) is 5.27. The molecule has 0 spiro atoms. The molecule has 6 heteroatoms. The summed E-state index contributed by atoms with van der Waals surface area (Å²) in [5.74, 6) is 0.0524. The average Bonchev–Trinajstić information content (AvgIpc) is 3.10. The second-order valence-electron chi connectivity index (χ2n) is 4.33. The van der Waals surface area contributed by atoms with Gasteiger partial charge in [0.25, 0.3) is 5.69 Å². The summed E-state index contributed by atoms with van der Waals surface area (Å²) in [4.78, 5) is 23.0. The first-order chi connectivity index (χ1) is 10.1. The fourth-order valence-corrected chi connectivity index (χ4v) is 2.61. The lowest BCUT2D eigenvalue weighted by molar-refractivity contribution is -0.384. The van der Waals surface area contributed by atoms with Crippen LogP contribution in [0, 0.1) is 10.1 Å². The Morgan fingerprint density at radius 1 is 1.24 bits per heavy atom. The Morgan fingerprint density at radius 3 is 2.81 bits per heavy atom. The van der Waals surface area contributed by atoms with E-state index in [2.05, 4.69) is 0 Å². The molecule has 2 heterocycles. The van der Waals surface area contributed by atoms with Crippen molar-refractivity contribution in [1.82, 2.24) is 0 Å². The molecule has 1 aromatic heterocycles. The molecule has 0 fully saturated rings. The standard InChI is InChI=1S/C15H9NO4S/c17-15-11(9-13(20-15)14-5-2-6-21-14)7-10-3-1-4-12(8-10)16(18)19/h1-9H/b11-7-. The number of carbonyl (C=O) groups is 1. The highest BCUT2D eigenvalue weighted by Crippen LogP contribution is 2.30. The van der Waals surface area contributed by atoms with Crippen LogP contribution in [-0.4, -0.2) is 10.9 Å². The van der Waals surface area contributed by atoms with Crippen LogP contribution in [0.4, 0.5) is 5.69 Å². The summed E-state index contributed by atoms with van der Waals surface area (Å²) in [6, 6.07) is 9.83. The Kier molecular flexibility index (Phi) is 3.37. The van der Waals surface area contributed by atoms with Crippen LogP contribution >= 0.6 is 11.3 Å². The molecule has 1 aliphatic heterocycles. The summed E-state index contributed by atoms with van der Waals surface area (Å²) in [6.07, 6.45) is 3.23. The first-order valence-electron chi connectivity index (χ1n) is 6.07. The summed E-state index contributed by atoms with van der Waals surface area (Å²) >= 11 is 1.47. The highest BCUT2D eigenvalue weighted by atomic mass is 32.1. The van der Waals surface area contributed by atoms with E-state index in [0.29, 0.717) is 16.9 Å². The van der Waals surface area contributed by atoms with Crippen molar-refractivity contribution in [2.24, 2.45) is 0 Å². The molecule has 21 heavy (non-hydrogen) atoms. The van der Waals surface area contributed by atoms with Gasteiger partial charge in [-0.3, -0.25) is 10.1 Å². The first kappa shape index (κ1) is 13.3. The minimum atomic E-state index is -0.470. The molecular formula is C15H9NO4S. The monoisotopic (exact) mass is 299 g/mol. The number of rotatable bonds is 3. The van der Waals surface area contributed by atoms with Crippen molar-refractivity contribution in [3.8, 4) is 0 Å². The van der Waals surface area contributed by atoms with Gasteiger partial charge >= 0.3 is 5.97 Å². The summed E-state index contributed by atoms with van der Waals surface area (Å²) in [7, 11) is 0. The van der Waals surface area contributed by atoms with Crippen molar-refractivity contribution in [3.05, 3.63) is 74.0 Å². The Hall–Kier alpha value is -2.73. The molecule has 2 aromatic rings. The van der Waals surface area contributed by atoms with E-state index < -0.39 is 10.9 Å². The molecule has 0 saturated heterocycles. The van der Waals surface area contributed by atoms with Crippen LogP contribution in [0.3, 0.4) is 0 Å². The zero-order chi connectivity index (χ0) is 14.8. The molecule has 1 aliphatic rings. The minimum absolute atomic E-state index is 0.0156. The number of non-ortho nitro benzene ring substituents is 1. The van der Waals surface area contributed by atoms with Crippen LogP contribution in [0.25, 0.3) is 11.8 Å². The van der Waals surface area contributed by atoms with E-state index in [0.717, 1.165) is 4.88 Å². The zero-order valence-electron chi connectivity index (χ0n) is 10.7. The molecule has 0 aliphatic carbocycles. The molecule has 0 N–H and O–H groups in total. The van der Waals surface area contributed by atoms with Gasteiger partial charge in [-0.25, -0.2) is 4.79 Å². The summed E-state index contributed by atoms with van der Waals surface area (Å²) in [6.45, 7) is 0. The Balaban J connectivity index is 1.94. The minimum Gasteiger partial charge on any atom is -0.421 e. The highest BCUT2D eigenvalue weighted by molar-refractivity contribution is 7.11. The van der Waals surface area contributed by atoms with Crippen LogP contribution in [0.2, 0.25) is 0 Å². The Labute approximate surface area is 123 Å². The van der Waals surface area contributed by atoms with Crippen LogP contribution in [0.5, 0.6) is 0 Å². The lowest BCUT2D eigenvalue weighted by Crippen LogP contribution is -1.96. The van der Waals surface area contributed by atoms with E-state index in [-0.39, 0.29) is 5.69 Å². The first-order valence-corrected chi connectivity index (χ1v) is 6.95. The van der Waals surface area contributed by atoms with Crippen molar-refractivity contribution < 1.29 is 14.5 Å². The number of nitro groups is 1. The number of cyclic esters (lactones) is 1. The number of nitro benzene ring substituents is 1. The quantitative estimate of drug-likeness (QED) is 0.375. The van der Waals surface area contributed by atoms with Crippen LogP contribution < -0.4 is 0 Å². The van der Waals surface area contributed by atoms with Gasteiger partial charge in [-0.2, -0.15) is 0 Å². The maximum atomic E-state index is 11.8. The van der Waals surface area contributed by atoms with E-state index >= 15 is 0 Å². The van der Waals surface area contributed by atoms with Crippen LogP contribution in [0.15, 0.2) is 53.4 Å². The van der Waals surface area contributed by atoms with E-state index in [9.17, 15) is 14.9 Å². The number of ether oxygens (including phenoxy) is 1. The normalized spacial score (nSPS) is 15.9. The van der Waals surface area contributed by atoms with E-state index in [1.807, 2.05) is 17.5 Å². The summed E-state index contributed by atoms with van der Waals surface area (Å²) < 4.78 is 5.20. The fraction of sp³-hybridized carbons (Fsp3) is 0. The van der Waals surface area contributed by atoms with Gasteiger partial charge in [0.15, 0.2) is 0 Å². The SMILES string of the molecule is O=C1OC(c2cccs2)=C/C1=C/c1cccc([N+](=O)[O-])c1. The summed E-state index contributed by atoms with van der Waals surface area (Å²) in [5.41, 5.74) is 0.942. The number of thiophene rings is 1. The number of hydrogen-bond donors (Lipinski definition) is 0. The molecule has 0 atom stereocenters. The van der Waals surface area contributed by atoms with Gasteiger partial charge in [-0.15, -0.1) is 11.3 Å². The molecule has 3 rings (SSSR count). The van der Waals surface area contributed by atoms with Gasteiger partial charge < -0.3 is 4.74 Å². The maximum absolute atomic E-state index is 11.8. The number of hydrogen-bond acceptors (Lipinski definition) is 5. The number of benzene rings is 1. The van der Waals surface area contributed by atoms with E-state index in [1.165, 1.54) is 23.5 Å². The summed E-state index contributed by atoms with van der Waals surface area (Å²) in [5, 5.41) is 12.6. The van der Waals surface area contributed by atoms with Gasteiger partial charge in [0.05, 0.1) is 15.4 Å². The lowest BCUT2D eigenvalue weighted by Gasteiger charge is -1.97. The predicted molar refractivity (Wildman–Crippen MR) is 79.5 cm³/mol. The van der Waals surface area contributed by atoms with Gasteiger partial charge in [-0.05, 0) is 29.2 Å². The van der Waals surface area contributed by atoms with Gasteiger partial charge in [0.1, 0.15) is 5.76 Å². The fourth-order valence-electron chi connectivity index (χ4n) is 1.94.